The van der Waals surface area contributed by atoms with Crippen LogP contribution < -0.4 is 0 Å². The van der Waals surface area contributed by atoms with Crippen molar-refractivity contribution in [2.24, 2.45) is 0 Å². The van der Waals surface area contributed by atoms with Crippen LogP contribution in [-0.2, 0) is 13.1 Å². The van der Waals surface area contributed by atoms with Gasteiger partial charge in [-0.1, -0.05) is 12.1 Å². The van der Waals surface area contributed by atoms with E-state index in [1.807, 2.05) is 17.7 Å². The molecule has 0 aliphatic rings. The fourth-order valence-corrected chi connectivity index (χ4v) is 1.85. The van der Waals surface area contributed by atoms with Crippen molar-refractivity contribution in [2.75, 3.05) is 0 Å². The quantitative estimate of drug-likeness (QED) is 0.839. The molecular formula is C11H17N5O. The minimum atomic E-state index is -0.723. The third kappa shape index (κ3) is 2.21. The predicted octanol–water partition coefficient (Wildman–Crippen LogP) is 0.986. The number of aryl methyl sites for hydroxylation is 2. The summed E-state index contributed by atoms with van der Waals surface area (Å²) >= 11 is 0. The lowest BCUT2D eigenvalue weighted by atomic mass is 10.2. The van der Waals surface area contributed by atoms with Crippen molar-refractivity contribution in [3.63, 3.8) is 0 Å². The molecule has 0 aliphatic heterocycles. The molecule has 0 amide bonds. The molecule has 6 nitrogen and oxygen atoms in total. The third-order valence-corrected chi connectivity index (χ3v) is 2.69. The van der Waals surface area contributed by atoms with Crippen LogP contribution >= 0.6 is 0 Å². The highest BCUT2D eigenvalue weighted by Crippen LogP contribution is 2.20. The van der Waals surface area contributed by atoms with Gasteiger partial charge >= 0.3 is 0 Å². The van der Waals surface area contributed by atoms with Crippen molar-refractivity contribution in [1.82, 2.24) is 24.8 Å². The minimum absolute atomic E-state index is 0.689. The monoisotopic (exact) mass is 235 g/mol. The number of aliphatic hydroxyl groups excluding tert-OH is 1. The lowest BCUT2D eigenvalue weighted by Crippen LogP contribution is -2.14. The van der Waals surface area contributed by atoms with Crippen LogP contribution in [0.3, 0.4) is 0 Å². The SMILES string of the molecule is CCCn1nccc1C(O)c1cnnn1CC. The van der Waals surface area contributed by atoms with Gasteiger partial charge < -0.3 is 5.11 Å². The molecule has 0 aliphatic carbocycles. The molecule has 0 spiro atoms. The van der Waals surface area contributed by atoms with Crippen LogP contribution in [0.4, 0.5) is 0 Å². The topological polar surface area (TPSA) is 68.8 Å². The smallest absolute Gasteiger partial charge is 0.139 e. The molecule has 0 bridgehead atoms. The van der Waals surface area contributed by atoms with Crippen LogP contribution in [0.1, 0.15) is 37.8 Å². The van der Waals surface area contributed by atoms with Crippen molar-refractivity contribution in [1.29, 1.82) is 0 Å². The summed E-state index contributed by atoms with van der Waals surface area (Å²) in [7, 11) is 0. The van der Waals surface area contributed by atoms with Crippen molar-refractivity contribution in [3.8, 4) is 0 Å². The van der Waals surface area contributed by atoms with Gasteiger partial charge in [0.2, 0.25) is 0 Å². The lowest BCUT2D eigenvalue weighted by Gasteiger charge is -2.13. The maximum Gasteiger partial charge on any atom is 0.139 e. The highest BCUT2D eigenvalue weighted by atomic mass is 16.3. The summed E-state index contributed by atoms with van der Waals surface area (Å²) in [6.07, 6.45) is 3.55. The van der Waals surface area contributed by atoms with Crippen LogP contribution in [0.15, 0.2) is 18.5 Å². The molecule has 17 heavy (non-hydrogen) atoms. The Morgan fingerprint density at radius 2 is 2.12 bits per heavy atom. The Kier molecular flexibility index (Phi) is 3.53. The van der Waals surface area contributed by atoms with Gasteiger partial charge in [-0.2, -0.15) is 5.10 Å². The summed E-state index contributed by atoms with van der Waals surface area (Å²) in [4.78, 5) is 0. The summed E-state index contributed by atoms with van der Waals surface area (Å²) in [5.41, 5.74) is 1.48. The summed E-state index contributed by atoms with van der Waals surface area (Å²) in [5.74, 6) is 0. The standard InChI is InChI=1S/C11H17N5O/c1-3-7-16-9(5-6-13-16)11(17)10-8-12-14-15(10)4-2/h5-6,8,11,17H,3-4,7H2,1-2H3. The summed E-state index contributed by atoms with van der Waals surface area (Å²) in [5, 5.41) is 22.3. The number of aromatic nitrogens is 5. The normalized spacial score (nSPS) is 12.9. The zero-order chi connectivity index (χ0) is 12.3. The fourth-order valence-electron chi connectivity index (χ4n) is 1.85. The molecule has 2 aromatic rings. The van der Waals surface area contributed by atoms with E-state index >= 15 is 0 Å². The van der Waals surface area contributed by atoms with Crippen LogP contribution in [0, 0.1) is 0 Å². The van der Waals surface area contributed by atoms with Crippen LogP contribution in [0.5, 0.6) is 0 Å². The first-order valence-electron chi connectivity index (χ1n) is 5.86. The van der Waals surface area contributed by atoms with E-state index in [9.17, 15) is 5.11 Å². The Morgan fingerprint density at radius 3 is 2.82 bits per heavy atom. The lowest BCUT2D eigenvalue weighted by molar-refractivity contribution is 0.195. The van der Waals surface area contributed by atoms with E-state index in [4.69, 9.17) is 0 Å². The highest BCUT2D eigenvalue weighted by molar-refractivity contribution is 5.16. The number of nitrogens with zero attached hydrogens (tertiary/aromatic N) is 5. The number of hydrogen-bond donors (Lipinski definition) is 1. The molecule has 1 atom stereocenters. The van der Waals surface area contributed by atoms with Crippen LogP contribution in [-0.4, -0.2) is 29.9 Å². The van der Waals surface area contributed by atoms with Crippen molar-refractivity contribution in [3.05, 3.63) is 29.8 Å². The molecule has 0 radical (unpaired) electrons. The third-order valence-electron chi connectivity index (χ3n) is 2.69. The summed E-state index contributed by atoms with van der Waals surface area (Å²) in [6, 6.07) is 1.83. The van der Waals surface area contributed by atoms with E-state index in [-0.39, 0.29) is 0 Å². The van der Waals surface area contributed by atoms with Gasteiger partial charge in [0.1, 0.15) is 6.10 Å². The summed E-state index contributed by atoms with van der Waals surface area (Å²) < 4.78 is 3.51. The van der Waals surface area contributed by atoms with E-state index in [0.717, 1.165) is 18.7 Å². The maximum absolute atomic E-state index is 10.3. The zero-order valence-electron chi connectivity index (χ0n) is 10.1. The highest BCUT2D eigenvalue weighted by Gasteiger charge is 2.19. The van der Waals surface area contributed by atoms with E-state index < -0.39 is 6.10 Å². The fraction of sp³-hybridized carbons (Fsp3) is 0.545. The molecule has 0 fully saturated rings. The Hall–Kier alpha value is -1.69. The Morgan fingerprint density at radius 1 is 1.29 bits per heavy atom. The van der Waals surface area contributed by atoms with E-state index in [2.05, 4.69) is 22.3 Å². The second-order valence-electron chi connectivity index (χ2n) is 3.86. The van der Waals surface area contributed by atoms with E-state index in [1.54, 1.807) is 17.1 Å². The Balaban J connectivity index is 2.30. The molecule has 92 valence electrons. The first kappa shape index (κ1) is 11.8. The van der Waals surface area contributed by atoms with Gasteiger partial charge in [-0.3, -0.25) is 4.68 Å². The van der Waals surface area contributed by atoms with Crippen molar-refractivity contribution >= 4 is 0 Å². The number of hydrogen-bond acceptors (Lipinski definition) is 4. The first-order valence-corrected chi connectivity index (χ1v) is 5.86. The van der Waals surface area contributed by atoms with Gasteiger partial charge in [0.15, 0.2) is 0 Å². The molecule has 2 heterocycles. The zero-order valence-corrected chi connectivity index (χ0v) is 10.1. The largest absolute Gasteiger partial charge is 0.380 e. The first-order chi connectivity index (χ1) is 8.27. The van der Waals surface area contributed by atoms with Gasteiger partial charge in [-0.25, -0.2) is 4.68 Å². The van der Waals surface area contributed by atoms with Gasteiger partial charge in [0, 0.05) is 19.3 Å². The molecule has 6 heteroatoms. The number of rotatable bonds is 5. The van der Waals surface area contributed by atoms with Gasteiger partial charge in [-0.15, -0.1) is 5.10 Å². The maximum atomic E-state index is 10.3. The van der Waals surface area contributed by atoms with Crippen LogP contribution in [0.2, 0.25) is 0 Å². The average Bonchev–Trinajstić information content (AvgIpc) is 2.96. The molecule has 1 unspecified atom stereocenters. The Bertz CT molecular complexity index is 476. The van der Waals surface area contributed by atoms with Gasteiger partial charge in [0.05, 0.1) is 17.6 Å². The predicted molar refractivity (Wildman–Crippen MR) is 62.3 cm³/mol. The van der Waals surface area contributed by atoms with E-state index in [0.29, 0.717) is 12.2 Å². The van der Waals surface area contributed by atoms with Crippen LogP contribution in [0.25, 0.3) is 0 Å². The van der Waals surface area contributed by atoms with Crippen molar-refractivity contribution < 1.29 is 5.11 Å². The molecule has 2 rings (SSSR count). The average molecular weight is 235 g/mol. The molecular weight excluding hydrogens is 218 g/mol. The minimum Gasteiger partial charge on any atom is -0.380 e. The van der Waals surface area contributed by atoms with Gasteiger partial charge in [0.25, 0.3) is 0 Å². The second-order valence-corrected chi connectivity index (χ2v) is 3.86. The number of aliphatic hydroxyl groups is 1. The van der Waals surface area contributed by atoms with E-state index in [1.165, 1.54) is 0 Å². The van der Waals surface area contributed by atoms with Gasteiger partial charge in [-0.05, 0) is 19.4 Å². The molecule has 0 saturated heterocycles. The molecule has 0 aromatic carbocycles. The second kappa shape index (κ2) is 5.09. The van der Waals surface area contributed by atoms with Crippen molar-refractivity contribution in [2.45, 2.75) is 39.5 Å². The summed E-state index contributed by atoms with van der Waals surface area (Å²) in [6.45, 7) is 5.53. The molecule has 2 aromatic heterocycles. The molecule has 0 saturated carbocycles. The Labute approximate surface area is 99.9 Å². The molecule has 1 N–H and O–H groups in total.